The van der Waals surface area contributed by atoms with E-state index in [-0.39, 0.29) is 24.1 Å². The summed E-state index contributed by atoms with van der Waals surface area (Å²) in [6, 6.07) is 9.12. The van der Waals surface area contributed by atoms with Crippen molar-refractivity contribution >= 4 is 5.97 Å². The van der Waals surface area contributed by atoms with Gasteiger partial charge in [0.05, 0.1) is 5.69 Å². The average molecular weight is 443 g/mol. The van der Waals surface area contributed by atoms with Gasteiger partial charge in [-0.3, -0.25) is 9.88 Å². The van der Waals surface area contributed by atoms with E-state index >= 15 is 0 Å². The summed E-state index contributed by atoms with van der Waals surface area (Å²) >= 11 is 0. The highest BCUT2D eigenvalue weighted by molar-refractivity contribution is 5.73. The maximum absolute atomic E-state index is 13.9. The van der Waals surface area contributed by atoms with Crippen LogP contribution in [0.25, 0.3) is 0 Å². The Hall–Kier alpha value is -2.79. The quantitative estimate of drug-likeness (QED) is 0.727. The van der Waals surface area contributed by atoms with Crippen LogP contribution in [0.1, 0.15) is 18.5 Å². The van der Waals surface area contributed by atoms with Crippen LogP contribution in [0.5, 0.6) is 5.88 Å². The van der Waals surface area contributed by atoms with Gasteiger partial charge in [0, 0.05) is 38.1 Å². The molecule has 0 saturated carbocycles. The molecule has 4 rings (SSSR count). The first-order valence-corrected chi connectivity index (χ1v) is 9.58. The zero-order valence-corrected chi connectivity index (χ0v) is 16.3. The van der Waals surface area contributed by atoms with Crippen LogP contribution in [0.2, 0.25) is 0 Å². The van der Waals surface area contributed by atoms with Crippen LogP contribution in [0.4, 0.5) is 17.6 Å². The summed E-state index contributed by atoms with van der Waals surface area (Å²) < 4.78 is 57.4. The molecule has 7 nitrogen and oxygen atoms in total. The van der Waals surface area contributed by atoms with Crippen molar-refractivity contribution in [3.8, 4) is 5.88 Å². The predicted molar refractivity (Wildman–Crippen MR) is 99.7 cm³/mol. The smallest absolute Gasteiger partial charge is 0.475 e. The van der Waals surface area contributed by atoms with Gasteiger partial charge in [0.15, 0.2) is 5.82 Å². The number of carboxylic acid groups (broad SMARTS) is 1. The molecule has 2 saturated heterocycles. The number of alkyl halides is 3. The molecule has 2 aromatic rings. The highest BCUT2D eigenvalue weighted by atomic mass is 19.4. The number of carboxylic acids is 1. The molecular weight excluding hydrogens is 422 g/mol. The lowest BCUT2D eigenvalue weighted by atomic mass is 10.0. The Morgan fingerprint density at radius 3 is 2.61 bits per heavy atom. The van der Waals surface area contributed by atoms with Gasteiger partial charge in [-0.2, -0.15) is 13.2 Å². The van der Waals surface area contributed by atoms with Crippen LogP contribution in [0, 0.1) is 5.82 Å². The molecule has 4 heterocycles. The summed E-state index contributed by atoms with van der Waals surface area (Å²) in [6.45, 7) is 2.15. The van der Waals surface area contributed by atoms with E-state index in [4.69, 9.17) is 19.4 Å². The lowest BCUT2D eigenvalue weighted by molar-refractivity contribution is -0.192. The van der Waals surface area contributed by atoms with E-state index in [1.165, 1.54) is 12.3 Å². The Balaban J connectivity index is 0.000000339. The monoisotopic (exact) mass is 443 g/mol. The van der Waals surface area contributed by atoms with Crippen LogP contribution >= 0.6 is 0 Å². The van der Waals surface area contributed by atoms with E-state index in [0.717, 1.165) is 31.7 Å². The SMILES string of the molecule is Fc1cccnc1O[C@H]1CN(Cc2ccccn2)[C@@H]2CCCO[C@H]12.O=C(O)C(F)(F)F. The zero-order chi connectivity index (χ0) is 22.4. The molecule has 2 aliphatic heterocycles. The van der Waals surface area contributed by atoms with Crippen LogP contribution < -0.4 is 4.74 Å². The molecule has 2 aliphatic rings. The van der Waals surface area contributed by atoms with Crippen molar-refractivity contribution in [3.63, 3.8) is 0 Å². The maximum Gasteiger partial charge on any atom is 0.490 e. The number of aliphatic carboxylic acids is 1. The van der Waals surface area contributed by atoms with E-state index < -0.39 is 18.0 Å². The number of halogens is 4. The summed E-state index contributed by atoms with van der Waals surface area (Å²) in [7, 11) is 0. The molecule has 1 N–H and O–H groups in total. The molecule has 0 amide bonds. The zero-order valence-electron chi connectivity index (χ0n) is 16.3. The third-order valence-corrected chi connectivity index (χ3v) is 4.91. The number of nitrogens with zero attached hydrogens (tertiary/aromatic N) is 3. The van der Waals surface area contributed by atoms with Crippen LogP contribution in [-0.2, 0) is 16.1 Å². The van der Waals surface area contributed by atoms with Gasteiger partial charge in [0.2, 0.25) is 0 Å². The van der Waals surface area contributed by atoms with Crippen LogP contribution in [0.3, 0.4) is 0 Å². The van der Waals surface area contributed by atoms with Crippen molar-refractivity contribution in [2.45, 2.75) is 43.8 Å². The van der Waals surface area contributed by atoms with E-state index in [1.807, 2.05) is 18.2 Å². The van der Waals surface area contributed by atoms with E-state index in [9.17, 15) is 17.6 Å². The molecule has 0 unspecified atom stereocenters. The number of aromatic nitrogens is 2. The largest absolute Gasteiger partial charge is 0.490 e. The maximum atomic E-state index is 13.9. The fraction of sp³-hybridized carbons (Fsp3) is 0.450. The molecule has 11 heteroatoms. The molecule has 2 aromatic heterocycles. The van der Waals surface area contributed by atoms with Crippen molar-refractivity contribution in [2.24, 2.45) is 0 Å². The van der Waals surface area contributed by atoms with E-state index in [0.29, 0.717) is 6.54 Å². The minimum absolute atomic E-state index is 0.0510. The Morgan fingerprint density at radius 2 is 1.97 bits per heavy atom. The predicted octanol–water partition coefficient (Wildman–Crippen LogP) is 3.06. The van der Waals surface area contributed by atoms with Gasteiger partial charge in [-0.05, 0) is 37.1 Å². The van der Waals surface area contributed by atoms with E-state index in [2.05, 4.69) is 14.9 Å². The topological polar surface area (TPSA) is 84.8 Å². The lowest BCUT2D eigenvalue weighted by Crippen LogP contribution is -2.42. The minimum Gasteiger partial charge on any atom is -0.475 e. The fourth-order valence-corrected chi connectivity index (χ4v) is 3.59. The molecule has 31 heavy (non-hydrogen) atoms. The number of carbonyl (C=O) groups is 1. The Labute approximate surface area is 175 Å². The van der Waals surface area contributed by atoms with Crippen LogP contribution in [0.15, 0.2) is 42.7 Å². The first-order chi connectivity index (χ1) is 14.8. The number of hydrogen-bond donors (Lipinski definition) is 1. The van der Waals surface area contributed by atoms with Gasteiger partial charge in [0.25, 0.3) is 5.88 Å². The van der Waals surface area contributed by atoms with Crippen molar-refractivity contribution in [3.05, 3.63) is 54.2 Å². The van der Waals surface area contributed by atoms with Crippen molar-refractivity contribution in [1.82, 2.24) is 14.9 Å². The molecule has 0 aliphatic carbocycles. The van der Waals surface area contributed by atoms with Crippen molar-refractivity contribution < 1.29 is 36.9 Å². The number of pyridine rings is 2. The second kappa shape index (κ2) is 10.0. The number of ether oxygens (including phenoxy) is 2. The second-order valence-electron chi connectivity index (χ2n) is 7.05. The molecule has 0 bridgehead atoms. The minimum atomic E-state index is -5.08. The Kier molecular flexibility index (Phi) is 7.39. The standard InChI is InChI=1S/C18H20FN3O2.C2HF3O2/c19-14-6-3-9-21-18(14)24-16-12-22(11-13-5-1-2-8-20-13)15-7-4-10-23-17(15)16;3-2(4,5)1(6)7/h1-3,5-6,8-9,15-17H,4,7,10-12H2;(H,6,7)/t15-,16+,17+;/m1./s1. The number of likely N-dealkylation sites (tertiary alicyclic amines) is 1. The lowest BCUT2D eigenvalue weighted by Gasteiger charge is -2.32. The summed E-state index contributed by atoms with van der Waals surface area (Å²) in [5, 5.41) is 7.12. The van der Waals surface area contributed by atoms with Crippen LogP contribution in [-0.4, -0.2) is 63.5 Å². The summed E-state index contributed by atoms with van der Waals surface area (Å²) in [6.07, 6.45) is 0.0785. The average Bonchev–Trinajstić information content (AvgIpc) is 3.08. The molecule has 0 spiro atoms. The number of hydrogen-bond acceptors (Lipinski definition) is 6. The van der Waals surface area contributed by atoms with Crippen molar-refractivity contribution in [2.75, 3.05) is 13.2 Å². The first-order valence-electron chi connectivity index (χ1n) is 9.58. The number of rotatable bonds is 4. The first kappa shape index (κ1) is 22.9. The van der Waals surface area contributed by atoms with Gasteiger partial charge in [-0.15, -0.1) is 0 Å². The summed E-state index contributed by atoms with van der Waals surface area (Å²) in [5.74, 6) is -3.14. The summed E-state index contributed by atoms with van der Waals surface area (Å²) in [5.41, 5.74) is 1.02. The fourth-order valence-electron chi connectivity index (χ4n) is 3.59. The van der Waals surface area contributed by atoms with Gasteiger partial charge in [0.1, 0.15) is 12.2 Å². The van der Waals surface area contributed by atoms with Gasteiger partial charge < -0.3 is 14.6 Å². The second-order valence-corrected chi connectivity index (χ2v) is 7.05. The van der Waals surface area contributed by atoms with Gasteiger partial charge in [-0.1, -0.05) is 6.07 Å². The molecule has 2 fully saturated rings. The third kappa shape index (κ3) is 6.11. The molecule has 168 valence electrons. The molecular formula is C20H21F4N3O4. The Morgan fingerprint density at radius 1 is 1.23 bits per heavy atom. The van der Waals surface area contributed by atoms with Crippen molar-refractivity contribution in [1.29, 1.82) is 0 Å². The molecule has 3 atom stereocenters. The Bertz CT molecular complexity index is 869. The normalized spacial score (nSPS) is 23.4. The summed E-state index contributed by atoms with van der Waals surface area (Å²) in [4.78, 5) is 19.6. The highest BCUT2D eigenvalue weighted by Crippen LogP contribution is 2.32. The third-order valence-electron chi connectivity index (χ3n) is 4.91. The highest BCUT2D eigenvalue weighted by Gasteiger charge is 2.45. The van der Waals surface area contributed by atoms with E-state index in [1.54, 1.807) is 12.3 Å². The molecule has 0 radical (unpaired) electrons. The molecule has 0 aromatic carbocycles. The van der Waals surface area contributed by atoms with Gasteiger partial charge in [-0.25, -0.2) is 14.2 Å². The number of fused-ring (bicyclic) bond motifs is 1. The van der Waals surface area contributed by atoms with Gasteiger partial charge >= 0.3 is 12.1 Å².